The van der Waals surface area contributed by atoms with E-state index in [1.54, 1.807) is 0 Å². The Labute approximate surface area is 99.2 Å². The van der Waals surface area contributed by atoms with Crippen LogP contribution >= 0.6 is 12.4 Å². The summed E-state index contributed by atoms with van der Waals surface area (Å²) in [6, 6.07) is 0.935. The van der Waals surface area contributed by atoms with Gasteiger partial charge in [0.25, 0.3) is 0 Å². The molecule has 1 unspecified atom stereocenters. The summed E-state index contributed by atoms with van der Waals surface area (Å²) in [7, 11) is 2.35. The highest BCUT2D eigenvalue weighted by atomic mass is 35.5. The van der Waals surface area contributed by atoms with Gasteiger partial charge in [-0.1, -0.05) is 0 Å². The molecule has 3 rings (SSSR count). The van der Waals surface area contributed by atoms with Crippen LogP contribution in [0.1, 0.15) is 32.1 Å². The van der Waals surface area contributed by atoms with Crippen molar-refractivity contribution in [3.05, 3.63) is 0 Å². The molecule has 3 heteroatoms. The van der Waals surface area contributed by atoms with E-state index in [1.807, 2.05) is 0 Å². The Morgan fingerprint density at radius 3 is 2.53 bits per heavy atom. The van der Waals surface area contributed by atoms with Crippen molar-refractivity contribution in [2.75, 3.05) is 26.7 Å². The summed E-state index contributed by atoms with van der Waals surface area (Å²) in [4.78, 5) is 2.66. The molecule has 0 aromatic carbocycles. The van der Waals surface area contributed by atoms with Crippen LogP contribution in [0.3, 0.4) is 0 Å². The lowest BCUT2D eigenvalue weighted by atomic mass is 9.93. The van der Waals surface area contributed by atoms with Crippen LogP contribution in [0.2, 0.25) is 0 Å². The molecular formula is C12H23ClN2. The fourth-order valence-corrected chi connectivity index (χ4v) is 3.25. The van der Waals surface area contributed by atoms with Crippen LogP contribution in [0.4, 0.5) is 0 Å². The van der Waals surface area contributed by atoms with Gasteiger partial charge in [-0.25, -0.2) is 0 Å². The molecule has 2 aliphatic carbocycles. The van der Waals surface area contributed by atoms with Gasteiger partial charge in [-0.2, -0.15) is 0 Å². The van der Waals surface area contributed by atoms with Gasteiger partial charge in [0.05, 0.1) is 0 Å². The quantitative estimate of drug-likeness (QED) is 0.797. The topological polar surface area (TPSA) is 15.3 Å². The predicted molar refractivity (Wildman–Crippen MR) is 65.5 cm³/mol. The lowest BCUT2D eigenvalue weighted by Gasteiger charge is -2.27. The predicted octanol–water partition coefficient (Wildman–Crippen LogP) is 1.89. The van der Waals surface area contributed by atoms with E-state index < -0.39 is 0 Å². The van der Waals surface area contributed by atoms with Crippen molar-refractivity contribution < 1.29 is 0 Å². The third kappa shape index (κ3) is 2.32. The average molecular weight is 231 g/mol. The molecule has 0 bridgehead atoms. The first-order valence-electron chi connectivity index (χ1n) is 6.21. The van der Waals surface area contributed by atoms with Gasteiger partial charge in [-0.3, -0.25) is 0 Å². The number of piperidine rings is 1. The minimum absolute atomic E-state index is 0. The van der Waals surface area contributed by atoms with Crippen molar-refractivity contribution in [2.24, 2.45) is 11.3 Å². The van der Waals surface area contributed by atoms with E-state index in [0.717, 1.165) is 17.4 Å². The fraction of sp³-hybridized carbons (Fsp3) is 1.00. The molecule has 3 aliphatic rings. The van der Waals surface area contributed by atoms with Gasteiger partial charge in [-0.15, -0.1) is 12.4 Å². The molecule has 1 heterocycles. The molecular weight excluding hydrogens is 208 g/mol. The highest BCUT2D eigenvalue weighted by Gasteiger charge is 2.55. The zero-order chi connectivity index (χ0) is 9.60. The van der Waals surface area contributed by atoms with E-state index in [-0.39, 0.29) is 12.4 Å². The third-order valence-corrected chi connectivity index (χ3v) is 4.52. The molecule has 0 radical (unpaired) electrons. The fourth-order valence-electron chi connectivity index (χ4n) is 3.25. The number of rotatable bonds is 3. The number of halogens is 1. The summed E-state index contributed by atoms with van der Waals surface area (Å²) in [5, 5.41) is 3.47. The maximum absolute atomic E-state index is 3.47. The number of nitrogens with zero attached hydrogens (tertiary/aromatic N) is 1. The second kappa shape index (κ2) is 4.23. The molecule has 1 spiro atoms. The van der Waals surface area contributed by atoms with Gasteiger partial charge in [0.15, 0.2) is 0 Å². The van der Waals surface area contributed by atoms with Crippen molar-refractivity contribution in [1.29, 1.82) is 0 Å². The Hall–Kier alpha value is 0.210. The first-order valence-corrected chi connectivity index (χ1v) is 6.21. The molecule has 3 fully saturated rings. The van der Waals surface area contributed by atoms with Crippen molar-refractivity contribution in [2.45, 2.75) is 38.1 Å². The maximum Gasteiger partial charge on any atom is 0.0156 e. The highest BCUT2D eigenvalue weighted by Crippen LogP contribution is 2.55. The van der Waals surface area contributed by atoms with E-state index in [9.17, 15) is 0 Å². The summed E-state index contributed by atoms with van der Waals surface area (Å²) in [5.41, 5.74) is 0.745. The van der Waals surface area contributed by atoms with E-state index in [4.69, 9.17) is 0 Å². The minimum atomic E-state index is 0. The largest absolute Gasteiger partial charge is 0.317 e. The van der Waals surface area contributed by atoms with Crippen LogP contribution in [-0.4, -0.2) is 37.6 Å². The smallest absolute Gasteiger partial charge is 0.0156 e. The lowest BCUT2D eigenvalue weighted by molar-refractivity contribution is 0.230. The first-order chi connectivity index (χ1) is 6.80. The SMILES string of the molecule is CN(CC1CC1)C1CC12CCNCC2.Cl. The molecule has 2 nitrogen and oxygen atoms in total. The Morgan fingerprint density at radius 2 is 1.93 bits per heavy atom. The Bertz CT molecular complexity index is 222. The standard InChI is InChI=1S/C12H22N2.ClH/c1-14(9-10-2-3-10)11-8-12(11)4-6-13-7-5-12;/h10-11,13H,2-9H2,1H3;1H. The third-order valence-electron chi connectivity index (χ3n) is 4.52. The second-order valence-corrected chi connectivity index (χ2v) is 5.72. The summed E-state index contributed by atoms with van der Waals surface area (Å²) in [6.45, 7) is 3.89. The average Bonchev–Trinajstić information content (AvgIpc) is 3.06. The molecule has 1 saturated heterocycles. The van der Waals surface area contributed by atoms with Gasteiger partial charge in [-0.05, 0) is 63.6 Å². The summed E-state index contributed by atoms with van der Waals surface area (Å²) >= 11 is 0. The van der Waals surface area contributed by atoms with E-state index in [0.29, 0.717) is 0 Å². The first kappa shape index (κ1) is 11.7. The van der Waals surface area contributed by atoms with Gasteiger partial charge < -0.3 is 10.2 Å². The molecule has 1 aliphatic heterocycles. The van der Waals surface area contributed by atoms with Crippen molar-refractivity contribution in [1.82, 2.24) is 10.2 Å². The lowest BCUT2D eigenvalue weighted by Crippen LogP contribution is -2.35. The normalized spacial score (nSPS) is 32.8. The number of hydrogen-bond donors (Lipinski definition) is 1. The van der Waals surface area contributed by atoms with Crippen LogP contribution in [0, 0.1) is 11.3 Å². The maximum atomic E-state index is 3.47. The zero-order valence-corrected chi connectivity index (χ0v) is 10.5. The van der Waals surface area contributed by atoms with Gasteiger partial charge >= 0.3 is 0 Å². The van der Waals surface area contributed by atoms with Crippen LogP contribution < -0.4 is 5.32 Å². The van der Waals surface area contributed by atoms with Crippen LogP contribution in [0.25, 0.3) is 0 Å². The Balaban J connectivity index is 0.000000853. The zero-order valence-electron chi connectivity index (χ0n) is 9.67. The van der Waals surface area contributed by atoms with Gasteiger partial charge in [0.2, 0.25) is 0 Å². The van der Waals surface area contributed by atoms with Crippen LogP contribution in [-0.2, 0) is 0 Å². The van der Waals surface area contributed by atoms with Crippen molar-refractivity contribution >= 4 is 12.4 Å². The van der Waals surface area contributed by atoms with Gasteiger partial charge in [0, 0.05) is 12.6 Å². The summed E-state index contributed by atoms with van der Waals surface area (Å²) in [5.74, 6) is 1.05. The van der Waals surface area contributed by atoms with Crippen LogP contribution in [0.5, 0.6) is 0 Å². The van der Waals surface area contributed by atoms with E-state index in [1.165, 1.54) is 51.7 Å². The Morgan fingerprint density at radius 1 is 1.27 bits per heavy atom. The molecule has 88 valence electrons. The molecule has 1 N–H and O–H groups in total. The monoisotopic (exact) mass is 230 g/mol. The van der Waals surface area contributed by atoms with Crippen molar-refractivity contribution in [3.8, 4) is 0 Å². The Kier molecular flexibility index (Phi) is 3.30. The van der Waals surface area contributed by atoms with Crippen LogP contribution in [0.15, 0.2) is 0 Å². The van der Waals surface area contributed by atoms with E-state index in [2.05, 4.69) is 17.3 Å². The molecule has 1 atom stereocenters. The molecule has 15 heavy (non-hydrogen) atoms. The molecule has 2 saturated carbocycles. The van der Waals surface area contributed by atoms with Crippen molar-refractivity contribution in [3.63, 3.8) is 0 Å². The van der Waals surface area contributed by atoms with E-state index >= 15 is 0 Å². The molecule has 0 aromatic heterocycles. The highest BCUT2D eigenvalue weighted by molar-refractivity contribution is 5.85. The molecule has 0 aromatic rings. The van der Waals surface area contributed by atoms with Gasteiger partial charge in [0.1, 0.15) is 0 Å². The minimum Gasteiger partial charge on any atom is -0.317 e. The second-order valence-electron chi connectivity index (χ2n) is 5.72. The number of hydrogen-bond acceptors (Lipinski definition) is 2. The number of nitrogens with one attached hydrogen (secondary N) is 1. The summed E-state index contributed by atoms with van der Waals surface area (Å²) in [6.07, 6.45) is 7.31. The summed E-state index contributed by atoms with van der Waals surface area (Å²) < 4.78 is 0. The molecule has 0 amide bonds.